The van der Waals surface area contributed by atoms with Crippen LogP contribution >= 0.6 is 0 Å². The molecular weight excluding hydrogens is 230 g/mol. The van der Waals surface area contributed by atoms with Gasteiger partial charge < -0.3 is 16.4 Å². The number of nitrogens with two attached hydrogens (primary N) is 1. The van der Waals surface area contributed by atoms with Crippen LogP contribution in [0.2, 0.25) is 0 Å². The Hall–Kier alpha value is -1.10. The highest BCUT2D eigenvalue weighted by molar-refractivity contribution is 5.80. The topological polar surface area (TPSA) is 84.2 Å². The zero-order valence-electron chi connectivity index (χ0n) is 10.9. The molecule has 0 aliphatic heterocycles. The van der Waals surface area contributed by atoms with Crippen LogP contribution in [0.3, 0.4) is 0 Å². The number of nitrogens with one attached hydrogen (secondary N) is 2. The van der Waals surface area contributed by atoms with Gasteiger partial charge in [0.15, 0.2) is 0 Å². The number of carbonyl (C=O) groups excluding carboxylic acids is 2. The first-order chi connectivity index (χ1) is 8.59. The van der Waals surface area contributed by atoms with Crippen LogP contribution in [-0.4, -0.2) is 30.9 Å². The number of carbonyl (C=O) groups is 2. The van der Waals surface area contributed by atoms with Crippen molar-refractivity contribution in [2.45, 2.75) is 38.6 Å². The molecule has 0 aromatic rings. The molecule has 102 valence electrons. The molecule has 2 aliphatic rings. The summed E-state index contributed by atoms with van der Waals surface area (Å²) in [5, 5.41) is 5.65. The molecule has 2 rings (SSSR count). The minimum absolute atomic E-state index is 0.0181. The Kier molecular flexibility index (Phi) is 4.22. The minimum Gasteiger partial charge on any atom is -0.356 e. The maximum Gasteiger partial charge on any atom is 0.224 e. The Balaban J connectivity index is 1.67. The largest absolute Gasteiger partial charge is 0.356 e. The van der Waals surface area contributed by atoms with Crippen LogP contribution in [0.5, 0.6) is 0 Å². The van der Waals surface area contributed by atoms with Crippen molar-refractivity contribution >= 4 is 11.8 Å². The molecule has 5 nitrogen and oxygen atoms in total. The summed E-state index contributed by atoms with van der Waals surface area (Å²) in [6.45, 7) is 2.71. The average Bonchev–Trinajstić information content (AvgIpc) is 2.88. The highest BCUT2D eigenvalue weighted by atomic mass is 16.2. The lowest BCUT2D eigenvalue weighted by atomic mass is 9.84. The highest BCUT2D eigenvalue weighted by Crippen LogP contribution is 2.47. The second-order valence-corrected chi connectivity index (χ2v) is 5.56. The molecule has 2 fully saturated rings. The van der Waals surface area contributed by atoms with E-state index in [-0.39, 0.29) is 23.8 Å². The molecule has 0 spiro atoms. The molecule has 0 saturated heterocycles. The Morgan fingerprint density at radius 3 is 2.44 bits per heavy atom. The van der Waals surface area contributed by atoms with Crippen molar-refractivity contribution in [1.82, 2.24) is 10.6 Å². The van der Waals surface area contributed by atoms with Crippen molar-refractivity contribution < 1.29 is 9.59 Å². The van der Waals surface area contributed by atoms with Gasteiger partial charge in [-0.1, -0.05) is 0 Å². The third kappa shape index (κ3) is 2.83. The fraction of sp³-hybridized carbons (Fsp3) is 0.846. The van der Waals surface area contributed by atoms with Crippen LogP contribution in [0.4, 0.5) is 0 Å². The Bertz CT molecular complexity index is 330. The summed E-state index contributed by atoms with van der Waals surface area (Å²) in [6, 6.07) is 0.0547. The van der Waals surface area contributed by atoms with Gasteiger partial charge in [-0.25, -0.2) is 0 Å². The van der Waals surface area contributed by atoms with E-state index in [2.05, 4.69) is 10.6 Å². The van der Waals surface area contributed by atoms with Gasteiger partial charge in [-0.2, -0.15) is 0 Å². The van der Waals surface area contributed by atoms with Crippen LogP contribution in [0.25, 0.3) is 0 Å². The van der Waals surface area contributed by atoms with E-state index in [4.69, 9.17) is 5.73 Å². The smallest absolute Gasteiger partial charge is 0.224 e. The zero-order valence-corrected chi connectivity index (χ0v) is 10.9. The summed E-state index contributed by atoms with van der Waals surface area (Å²) in [7, 11) is 0. The number of hydrogen-bond acceptors (Lipinski definition) is 3. The standard InChI is InChI=1S/C13H23N3O2/c1-8(17)15-5-2-6-16-13(18)11-9-3-4-10(7-9)12(11)14/h9-12H,2-7,14H2,1H3,(H,15,17)(H,16,18). The van der Waals surface area contributed by atoms with Gasteiger partial charge in [0.1, 0.15) is 0 Å². The molecule has 4 N–H and O–H groups in total. The van der Waals surface area contributed by atoms with Gasteiger partial charge in [0.05, 0.1) is 5.92 Å². The van der Waals surface area contributed by atoms with E-state index in [9.17, 15) is 9.59 Å². The molecular formula is C13H23N3O2. The van der Waals surface area contributed by atoms with Crippen molar-refractivity contribution in [2.75, 3.05) is 13.1 Å². The van der Waals surface area contributed by atoms with Gasteiger partial charge in [-0.3, -0.25) is 9.59 Å². The Labute approximate surface area is 108 Å². The average molecular weight is 253 g/mol. The molecule has 4 atom stereocenters. The molecule has 2 bridgehead atoms. The van der Waals surface area contributed by atoms with Crippen LogP contribution < -0.4 is 16.4 Å². The van der Waals surface area contributed by atoms with Gasteiger partial charge in [-0.15, -0.1) is 0 Å². The second-order valence-electron chi connectivity index (χ2n) is 5.56. The van der Waals surface area contributed by atoms with Gasteiger partial charge in [0, 0.05) is 26.1 Å². The summed E-state index contributed by atoms with van der Waals surface area (Å²) in [6.07, 6.45) is 4.24. The van der Waals surface area contributed by atoms with E-state index < -0.39 is 0 Å². The summed E-state index contributed by atoms with van der Waals surface area (Å²) in [5.41, 5.74) is 6.12. The van der Waals surface area contributed by atoms with E-state index in [1.165, 1.54) is 13.3 Å². The summed E-state index contributed by atoms with van der Waals surface area (Å²) in [4.78, 5) is 22.7. The van der Waals surface area contributed by atoms with Crippen molar-refractivity contribution in [3.63, 3.8) is 0 Å². The van der Waals surface area contributed by atoms with Crippen molar-refractivity contribution in [2.24, 2.45) is 23.5 Å². The minimum atomic E-state index is -0.0311. The number of amides is 2. The van der Waals surface area contributed by atoms with Crippen molar-refractivity contribution in [3.05, 3.63) is 0 Å². The molecule has 4 unspecified atom stereocenters. The molecule has 2 saturated carbocycles. The van der Waals surface area contributed by atoms with Gasteiger partial charge >= 0.3 is 0 Å². The predicted octanol–water partition coefficient (Wildman–Crippen LogP) is 0.00220. The molecule has 5 heteroatoms. The first-order valence-corrected chi connectivity index (χ1v) is 6.87. The third-order valence-corrected chi connectivity index (χ3v) is 4.31. The number of fused-ring (bicyclic) bond motifs is 2. The number of hydrogen-bond donors (Lipinski definition) is 3. The van der Waals surface area contributed by atoms with Gasteiger partial charge in [0.25, 0.3) is 0 Å². The Morgan fingerprint density at radius 1 is 1.17 bits per heavy atom. The molecule has 0 aromatic carbocycles. The van der Waals surface area contributed by atoms with E-state index in [0.29, 0.717) is 24.9 Å². The molecule has 0 aromatic heterocycles. The van der Waals surface area contributed by atoms with Crippen LogP contribution in [0.1, 0.15) is 32.6 Å². The maximum absolute atomic E-state index is 12.1. The first kappa shape index (κ1) is 13.3. The lowest BCUT2D eigenvalue weighted by Gasteiger charge is -2.27. The highest BCUT2D eigenvalue weighted by Gasteiger charge is 2.48. The quantitative estimate of drug-likeness (QED) is 0.603. The van der Waals surface area contributed by atoms with E-state index >= 15 is 0 Å². The second kappa shape index (κ2) is 5.69. The molecule has 2 amide bonds. The summed E-state index contributed by atoms with van der Waals surface area (Å²) >= 11 is 0. The Morgan fingerprint density at radius 2 is 1.83 bits per heavy atom. The zero-order chi connectivity index (χ0) is 13.1. The van der Waals surface area contributed by atoms with Crippen LogP contribution in [-0.2, 0) is 9.59 Å². The first-order valence-electron chi connectivity index (χ1n) is 6.87. The van der Waals surface area contributed by atoms with Crippen LogP contribution in [0.15, 0.2) is 0 Å². The van der Waals surface area contributed by atoms with Gasteiger partial charge in [0.2, 0.25) is 11.8 Å². The third-order valence-electron chi connectivity index (χ3n) is 4.31. The van der Waals surface area contributed by atoms with E-state index in [0.717, 1.165) is 19.3 Å². The monoisotopic (exact) mass is 253 g/mol. The predicted molar refractivity (Wildman–Crippen MR) is 68.6 cm³/mol. The van der Waals surface area contributed by atoms with E-state index in [1.807, 2.05) is 0 Å². The van der Waals surface area contributed by atoms with Crippen molar-refractivity contribution in [1.29, 1.82) is 0 Å². The fourth-order valence-electron chi connectivity index (χ4n) is 3.41. The molecule has 18 heavy (non-hydrogen) atoms. The van der Waals surface area contributed by atoms with Gasteiger partial charge in [-0.05, 0) is 37.5 Å². The SMILES string of the molecule is CC(=O)NCCCNC(=O)C1C2CCC(C2)C1N. The van der Waals surface area contributed by atoms with E-state index in [1.54, 1.807) is 0 Å². The molecule has 0 radical (unpaired) electrons. The van der Waals surface area contributed by atoms with Crippen LogP contribution in [0, 0.1) is 17.8 Å². The summed E-state index contributed by atoms with van der Waals surface area (Å²) < 4.78 is 0. The lowest BCUT2D eigenvalue weighted by molar-refractivity contribution is -0.127. The maximum atomic E-state index is 12.1. The lowest BCUT2D eigenvalue weighted by Crippen LogP contribution is -2.45. The molecule has 2 aliphatic carbocycles. The fourth-order valence-corrected chi connectivity index (χ4v) is 3.41. The summed E-state index contributed by atoms with van der Waals surface area (Å²) in [5.74, 6) is 1.16. The molecule has 0 heterocycles. The number of rotatable bonds is 5. The van der Waals surface area contributed by atoms with Crippen molar-refractivity contribution in [3.8, 4) is 0 Å². The normalized spacial score (nSPS) is 33.4.